The number of sulfone groups is 1. The van der Waals surface area contributed by atoms with Crippen molar-refractivity contribution in [2.75, 3.05) is 16.8 Å². The van der Waals surface area contributed by atoms with Crippen molar-refractivity contribution in [1.82, 2.24) is 0 Å². The van der Waals surface area contributed by atoms with E-state index >= 15 is 0 Å². The van der Waals surface area contributed by atoms with Crippen LogP contribution in [-0.4, -0.2) is 25.3 Å². The van der Waals surface area contributed by atoms with Crippen molar-refractivity contribution in [2.24, 2.45) is 0 Å². The van der Waals surface area contributed by atoms with Gasteiger partial charge >= 0.3 is 0 Å². The van der Waals surface area contributed by atoms with Crippen LogP contribution in [0.25, 0.3) is 0 Å². The van der Waals surface area contributed by atoms with Gasteiger partial charge in [-0.3, -0.25) is 4.79 Å². The van der Waals surface area contributed by atoms with Gasteiger partial charge in [-0.2, -0.15) is 0 Å². The molecule has 1 heterocycles. The van der Waals surface area contributed by atoms with Crippen LogP contribution in [0.4, 0.5) is 15.8 Å². The Morgan fingerprint density at radius 1 is 1.37 bits per heavy atom. The van der Waals surface area contributed by atoms with Gasteiger partial charge in [-0.25, -0.2) is 12.8 Å². The van der Waals surface area contributed by atoms with Crippen molar-refractivity contribution in [3.05, 3.63) is 24.0 Å². The fraction of sp³-hybridized carbons (Fsp3) is 0.417. The minimum absolute atomic E-state index is 0.0176. The van der Waals surface area contributed by atoms with Crippen LogP contribution in [0.2, 0.25) is 0 Å². The van der Waals surface area contributed by atoms with Crippen molar-refractivity contribution in [3.8, 4) is 0 Å². The van der Waals surface area contributed by atoms with Crippen molar-refractivity contribution >= 4 is 27.1 Å². The van der Waals surface area contributed by atoms with Gasteiger partial charge in [0.05, 0.1) is 17.1 Å². The second-order valence-corrected chi connectivity index (χ2v) is 6.88. The quantitative estimate of drug-likeness (QED) is 0.802. The zero-order chi connectivity index (χ0) is 14.0. The normalized spacial score (nSPS) is 21.8. The average molecular weight is 286 g/mol. The van der Waals surface area contributed by atoms with Crippen LogP contribution >= 0.6 is 0 Å². The van der Waals surface area contributed by atoms with E-state index in [2.05, 4.69) is 5.32 Å². The average Bonchev–Trinajstić information content (AvgIpc) is 2.33. The Labute approximate surface area is 110 Å². The van der Waals surface area contributed by atoms with Gasteiger partial charge in [-0.1, -0.05) is 6.42 Å². The van der Waals surface area contributed by atoms with Crippen LogP contribution in [-0.2, 0) is 14.6 Å². The lowest BCUT2D eigenvalue weighted by atomic mass is 10.1. The number of benzene rings is 1. The van der Waals surface area contributed by atoms with E-state index in [1.807, 2.05) is 0 Å². The third kappa shape index (κ3) is 3.04. The van der Waals surface area contributed by atoms with Gasteiger partial charge in [0.1, 0.15) is 11.1 Å². The molecule has 1 aromatic carbocycles. The second kappa shape index (κ2) is 5.16. The van der Waals surface area contributed by atoms with Crippen LogP contribution in [0.3, 0.4) is 0 Å². The molecule has 1 amide bonds. The summed E-state index contributed by atoms with van der Waals surface area (Å²) in [7, 11) is -3.41. The van der Waals surface area contributed by atoms with E-state index in [1.54, 1.807) is 0 Å². The lowest BCUT2D eigenvalue weighted by Crippen LogP contribution is -2.39. The molecule has 2 rings (SSSR count). The molecule has 0 spiro atoms. The van der Waals surface area contributed by atoms with Crippen LogP contribution in [0, 0.1) is 5.82 Å². The molecule has 1 aromatic rings. The van der Waals surface area contributed by atoms with E-state index in [-0.39, 0.29) is 17.1 Å². The van der Waals surface area contributed by atoms with Crippen molar-refractivity contribution < 1.29 is 17.6 Å². The molecular formula is C12H15FN2O3S. The molecule has 0 aliphatic carbocycles. The van der Waals surface area contributed by atoms with E-state index < -0.39 is 26.8 Å². The van der Waals surface area contributed by atoms with Crippen LogP contribution in [0.1, 0.15) is 19.3 Å². The third-order valence-electron chi connectivity index (χ3n) is 3.14. The molecule has 5 nitrogen and oxygen atoms in total. The largest absolute Gasteiger partial charge is 0.397 e. The number of carbonyl (C=O) groups is 1. The topological polar surface area (TPSA) is 89.3 Å². The summed E-state index contributed by atoms with van der Waals surface area (Å²) in [6.07, 6.45) is 1.56. The zero-order valence-corrected chi connectivity index (χ0v) is 11.0. The Balaban J connectivity index is 2.19. The number of anilines is 2. The molecule has 19 heavy (non-hydrogen) atoms. The van der Waals surface area contributed by atoms with Crippen LogP contribution < -0.4 is 11.1 Å². The number of nitrogens with two attached hydrogens (primary N) is 1. The molecule has 0 bridgehead atoms. The summed E-state index contributed by atoms with van der Waals surface area (Å²) in [5.74, 6) is -1.17. The Bertz CT molecular complexity index is 601. The molecule has 0 radical (unpaired) electrons. The maximum atomic E-state index is 13.1. The van der Waals surface area contributed by atoms with Crippen molar-refractivity contribution in [2.45, 2.75) is 24.5 Å². The van der Waals surface area contributed by atoms with Crippen LogP contribution in [0.5, 0.6) is 0 Å². The van der Waals surface area contributed by atoms with E-state index in [9.17, 15) is 17.6 Å². The SMILES string of the molecule is Nc1ccc(F)cc1NC(=O)C1CCCCS1(=O)=O. The Kier molecular flexibility index (Phi) is 3.75. The summed E-state index contributed by atoms with van der Waals surface area (Å²) < 4.78 is 36.7. The third-order valence-corrected chi connectivity index (χ3v) is 5.32. The molecule has 104 valence electrons. The van der Waals surface area contributed by atoms with E-state index in [1.165, 1.54) is 12.1 Å². The highest BCUT2D eigenvalue weighted by Gasteiger charge is 2.34. The molecule has 0 saturated carbocycles. The minimum atomic E-state index is -3.41. The number of nitrogens with one attached hydrogen (secondary N) is 1. The fourth-order valence-electron chi connectivity index (χ4n) is 2.10. The lowest BCUT2D eigenvalue weighted by Gasteiger charge is -2.21. The lowest BCUT2D eigenvalue weighted by molar-refractivity contribution is -0.116. The summed E-state index contributed by atoms with van der Waals surface area (Å²) in [5, 5.41) is 1.33. The highest BCUT2D eigenvalue weighted by atomic mass is 32.2. The Morgan fingerprint density at radius 2 is 2.11 bits per heavy atom. The molecule has 1 atom stereocenters. The molecule has 1 aliphatic rings. The minimum Gasteiger partial charge on any atom is -0.397 e. The Morgan fingerprint density at radius 3 is 2.79 bits per heavy atom. The number of amides is 1. The molecule has 1 unspecified atom stereocenters. The predicted molar refractivity (Wildman–Crippen MR) is 70.9 cm³/mol. The summed E-state index contributed by atoms with van der Waals surface area (Å²) in [5.41, 5.74) is 5.90. The summed E-state index contributed by atoms with van der Waals surface area (Å²) in [6.45, 7) is 0. The number of nitrogen functional groups attached to an aromatic ring is 1. The van der Waals surface area contributed by atoms with Gasteiger partial charge in [0, 0.05) is 0 Å². The first kappa shape index (κ1) is 13.8. The fourth-order valence-corrected chi connectivity index (χ4v) is 3.90. The molecule has 3 N–H and O–H groups in total. The first-order valence-corrected chi connectivity index (χ1v) is 7.69. The highest BCUT2D eigenvalue weighted by Crippen LogP contribution is 2.24. The van der Waals surface area contributed by atoms with E-state index in [0.29, 0.717) is 19.3 Å². The smallest absolute Gasteiger partial charge is 0.242 e. The maximum Gasteiger partial charge on any atom is 0.242 e. The maximum absolute atomic E-state index is 13.1. The number of hydrogen-bond donors (Lipinski definition) is 2. The standard InChI is InChI=1S/C12H15FN2O3S/c13-8-4-5-9(14)10(7-8)15-12(16)11-3-1-2-6-19(11,17)18/h4-5,7,11H,1-3,6,14H2,(H,15,16). The molecule has 1 saturated heterocycles. The van der Waals surface area contributed by atoms with Crippen molar-refractivity contribution in [3.63, 3.8) is 0 Å². The first-order valence-electron chi connectivity index (χ1n) is 5.97. The monoisotopic (exact) mass is 286 g/mol. The number of rotatable bonds is 2. The second-order valence-electron chi connectivity index (χ2n) is 4.57. The van der Waals surface area contributed by atoms with Gasteiger partial charge in [-0.15, -0.1) is 0 Å². The van der Waals surface area contributed by atoms with Gasteiger partial charge in [0.15, 0.2) is 9.84 Å². The number of hydrogen-bond acceptors (Lipinski definition) is 4. The van der Waals surface area contributed by atoms with Gasteiger partial charge in [-0.05, 0) is 31.0 Å². The summed E-state index contributed by atoms with van der Waals surface area (Å²) in [4.78, 5) is 12.0. The molecule has 0 aromatic heterocycles. The summed E-state index contributed by atoms with van der Waals surface area (Å²) in [6, 6.07) is 3.56. The van der Waals surface area contributed by atoms with E-state index in [4.69, 9.17) is 5.73 Å². The van der Waals surface area contributed by atoms with Gasteiger partial charge in [0.2, 0.25) is 5.91 Å². The molecule has 1 aliphatic heterocycles. The first-order chi connectivity index (χ1) is 8.90. The number of halogens is 1. The number of carbonyl (C=O) groups excluding carboxylic acids is 1. The van der Waals surface area contributed by atoms with Crippen LogP contribution in [0.15, 0.2) is 18.2 Å². The Hall–Kier alpha value is -1.63. The molecule has 7 heteroatoms. The molecular weight excluding hydrogens is 271 g/mol. The predicted octanol–water partition coefficient (Wildman–Crippen LogP) is 1.31. The zero-order valence-electron chi connectivity index (χ0n) is 10.2. The van der Waals surface area contributed by atoms with Gasteiger partial charge in [0.25, 0.3) is 0 Å². The van der Waals surface area contributed by atoms with Crippen molar-refractivity contribution in [1.29, 1.82) is 0 Å². The highest BCUT2D eigenvalue weighted by molar-refractivity contribution is 7.92. The molecule has 1 fully saturated rings. The van der Waals surface area contributed by atoms with E-state index in [0.717, 1.165) is 6.07 Å². The van der Waals surface area contributed by atoms with Gasteiger partial charge < -0.3 is 11.1 Å². The summed E-state index contributed by atoms with van der Waals surface area (Å²) >= 11 is 0.